The molecule has 1 heterocycles. The lowest BCUT2D eigenvalue weighted by Gasteiger charge is -2.09. The van der Waals surface area contributed by atoms with Crippen LogP contribution in [0.3, 0.4) is 0 Å². The van der Waals surface area contributed by atoms with Crippen molar-refractivity contribution in [3.8, 4) is 0 Å². The van der Waals surface area contributed by atoms with Crippen molar-refractivity contribution in [2.75, 3.05) is 25.9 Å². The number of para-hydroxylation sites is 2. The van der Waals surface area contributed by atoms with Crippen molar-refractivity contribution >= 4 is 28.7 Å². The second-order valence-corrected chi connectivity index (χ2v) is 5.61. The van der Waals surface area contributed by atoms with Crippen LogP contribution < -0.4 is 10.6 Å². The van der Waals surface area contributed by atoms with Gasteiger partial charge in [-0.05, 0) is 24.9 Å². The quantitative estimate of drug-likeness (QED) is 0.728. The molecule has 6 heteroatoms. The fourth-order valence-electron chi connectivity index (χ4n) is 2.21. The number of aromatic nitrogens is 2. The maximum atomic E-state index is 12.1. The number of imidazole rings is 1. The molecule has 114 valence electrons. The van der Waals surface area contributed by atoms with E-state index in [0.29, 0.717) is 13.1 Å². The Morgan fingerprint density at radius 2 is 2.14 bits per heavy atom. The number of carbonyl (C=O) groups is 1. The van der Waals surface area contributed by atoms with Crippen LogP contribution in [0.5, 0.6) is 0 Å². The highest BCUT2D eigenvalue weighted by Gasteiger charge is 2.12. The van der Waals surface area contributed by atoms with Gasteiger partial charge in [0.1, 0.15) is 12.4 Å². The van der Waals surface area contributed by atoms with Gasteiger partial charge in [0.25, 0.3) is 0 Å². The van der Waals surface area contributed by atoms with Crippen molar-refractivity contribution in [3.63, 3.8) is 0 Å². The summed E-state index contributed by atoms with van der Waals surface area (Å²) in [6.07, 6.45) is 2.04. The van der Waals surface area contributed by atoms with Gasteiger partial charge >= 0.3 is 0 Å². The smallest absolute Gasteiger partial charge is 0.240 e. The summed E-state index contributed by atoms with van der Waals surface area (Å²) in [5.41, 5.74) is 1.96. The first-order chi connectivity index (χ1) is 10.3. The number of benzene rings is 1. The Balaban J connectivity index is 2.08. The van der Waals surface area contributed by atoms with Crippen molar-refractivity contribution < 1.29 is 4.79 Å². The van der Waals surface area contributed by atoms with Crippen LogP contribution in [0.25, 0.3) is 11.0 Å². The fourth-order valence-corrected chi connectivity index (χ4v) is 2.69. The Kier molecular flexibility index (Phi) is 6.07. The lowest BCUT2D eigenvalue weighted by atomic mass is 10.3. The molecule has 0 fully saturated rings. The van der Waals surface area contributed by atoms with Gasteiger partial charge in [-0.1, -0.05) is 19.1 Å². The zero-order valence-electron chi connectivity index (χ0n) is 12.6. The topological polar surface area (TPSA) is 58.9 Å². The van der Waals surface area contributed by atoms with Crippen LogP contribution in [0.4, 0.5) is 0 Å². The standard InChI is InChI=1S/C15H22N4OS/c1-3-16-8-9-17-15(20)10-19-13-7-5-4-6-12(13)18-14(19)11-21-2/h4-7,16H,3,8-11H2,1-2H3,(H,17,20). The number of carbonyl (C=O) groups excluding carboxylic acids is 1. The van der Waals surface area contributed by atoms with E-state index >= 15 is 0 Å². The Bertz CT molecular complexity index is 596. The molecule has 1 aromatic heterocycles. The van der Waals surface area contributed by atoms with Gasteiger partial charge in [0, 0.05) is 13.1 Å². The van der Waals surface area contributed by atoms with Crippen LogP contribution >= 0.6 is 11.8 Å². The SMILES string of the molecule is CCNCCNC(=O)Cn1c(CSC)nc2ccccc21. The molecule has 0 atom stereocenters. The minimum Gasteiger partial charge on any atom is -0.353 e. The van der Waals surface area contributed by atoms with Crippen LogP contribution in [0.2, 0.25) is 0 Å². The van der Waals surface area contributed by atoms with E-state index in [9.17, 15) is 4.79 Å². The second-order valence-electron chi connectivity index (χ2n) is 4.74. The van der Waals surface area contributed by atoms with E-state index in [4.69, 9.17) is 0 Å². The number of thioether (sulfide) groups is 1. The third kappa shape index (κ3) is 4.22. The molecule has 0 bridgehead atoms. The molecule has 2 rings (SSSR count). The van der Waals surface area contributed by atoms with E-state index in [1.807, 2.05) is 42.0 Å². The zero-order chi connectivity index (χ0) is 15.1. The molecule has 0 saturated carbocycles. The molecule has 0 saturated heterocycles. The van der Waals surface area contributed by atoms with Crippen molar-refractivity contribution in [2.45, 2.75) is 19.2 Å². The highest BCUT2D eigenvalue weighted by molar-refractivity contribution is 7.97. The average molecular weight is 306 g/mol. The molecular weight excluding hydrogens is 284 g/mol. The largest absolute Gasteiger partial charge is 0.353 e. The zero-order valence-corrected chi connectivity index (χ0v) is 13.4. The summed E-state index contributed by atoms with van der Waals surface area (Å²) in [5.74, 6) is 1.78. The Hall–Kier alpha value is -1.53. The summed E-state index contributed by atoms with van der Waals surface area (Å²) >= 11 is 1.71. The molecule has 0 radical (unpaired) electrons. The molecule has 2 aromatic rings. The Morgan fingerprint density at radius 3 is 2.90 bits per heavy atom. The lowest BCUT2D eigenvalue weighted by Crippen LogP contribution is -2.34. The van der Waals surface area contributed by atoms with E-state index in [1.54, 1.807) is 11.8 Å². The van der Waals surface area contributed by atoms with E-state index in [2.05, 4.69) is 15.6 Å². The first kappa shape index (κ1) is 15.9. The summed E-state index contributed by atoms with van der Waals surface area (Å²) in [6, 6.07) is 7.95. The molecule has 0 aliphatic rings. The van der Waals surface area contributed by atoms with Gasteiger partial charge < -0.3 is 15.2 Å². The Labute approximate surface area is 129 Å². The van der Waals surface area contributed by atoms with Crippen LogP contribution in [0.1, 0.15) is 12.7 Å². The number of amides is 1. The third-order valence-electron chi connectivity index (χ3n) is 3.18. The molecular formula is C15H22N4OS. The van der Waals surface area contributed by atoms with Crippen LogP contribution in [0, 0.1) is 0 Å². The number of rotatable bonds is 8. The number of hydrogen-bond acceptors (Lipinski definition) is 4. The van der Waals surface area contributed by atoms with Gasteiger partial charge in [-0.25, -0.2) is 4.98 Å². The van der Waals surface area contributed by atoms with Crippen LogP contribution in [0.15, 0.2) is 24.3 Å². The van der Waals surface area contributed by atoms with Crippen molar-refractivity contribution in [1.82, 2.24) is 20.2 Å². The molecule has 1 amide bonds. The van der Waals surface area contributed by atoms with Gasteiger partial charge in [0.2, 0.25) is 5.91 Å². The number of fused-ring (bicyclic) bond motifs is 1. The van der Waals surface area contributed by atoms with Gasteiger partial charge in [0.05, 0.1) is 16.8 Å². The monoisotopic (exact) mass is 306 g/mol. The number of hydrogen-bond donors (Lipinski definition) is 2. The summed E-state index contributed by atoms with van der Waals surface area (Å²) in [7, 11) is 0. The molecule has 5 nitrogen and oxygen atoms in total. The molecule has 0 spiro atoms. The molecule has 0 aliphatic carbocycles. The van der Waals surface area contributed by atoms with E-state index < -0.39 is 0 Å². The minimum atomic E-state index is 0.0263. The predicted molar refractivity (Wildman–Crippen MR) is 88.5 cm³/mol. The van der Waals surface area contributed by atoms with Gasteiger partial charge in [0.15, 0.2) is 0 Å². The van der Waals surface area contributed by atoms with Gasteiger partial charge in [-0.3, -0.25) is 4.79 Å². The van der Waals surface area contributed by atoms with Crippen LogP contribution in [-0.2, 0) is 17.1 Å². The lowest BCUT2D eigenvalue weighted by molar-refractivity contribution is -0.121. The number of likely N-dealkylation sites (N-methyl/N-ethyl adjacent to an activating group) is 1. The molecule has 0 unspecified atom stereocenters. The first-order valence-corrected chi connectivity index (χ1v) is 8.56. The molecule has 21 heavy (non-hydrogen) atoms. The van der Waals surface area contributed by atoms with E-state index in [-0.39, 0.29) is 5.91 Å². The van der Waals surface area contributed by atoms with Crippen molar-refractivity contribution in [3.05, 3.63) is 30.1 Å². The maximum absolute atomic E-state index is 12.1. The van der Waals surface area contributed by atoms with E-state index in [1.165, 1.54) is 0 Å². The number of nitrogens with zero attached hydrogens (tertiary/aromatic N) is 2. The maximum Gasteiger partial charge on any atom is 0.240 e. The predicted octanol–water partition coefficient (Wildman–Crippen LogP) is 1.62. The number of nitrogens with one attached hydrogen (secondary N) is 2. The third-order valence-corrected chi connectivity index (χ3v) is 3.73. The highest BCUT2D eigenvalue weighted by atomic mass is 32.2. The van der Waals surface area contributed by atoms with Crippen molar-refractivity contribution in [1.29, 1.82) is 0 Å². The molecule has 1 aromatic carbocycles. The van der Waals surface area contributed by atoms with Gasteiger partial charge in [-0.15, -0.1) is 0 Å². The van der Waals surface area contributed by atoms with Crippen molar-refractivity contribution in [2.24, 2.45) is 0 Å². The fraction of sp³-hybridized carbons (Fsp3) is 0.467. The normalized spacial score (nSPS) is 11.0. The molecule has 2 N–H and O–H groups in total. The molecule has 0 aliphatic heterocycles. The van der Waals surface area contributed by atoms with E-state index in [0.717, 1.165) is 35.7 Å². The summed E-state index contributed by atoms with van der Waals surface area (Å²) < 4.78 is 2.01. The summed E-state index contributed by atoms with van der Waals surface area (Å²) in [5, 5.41) is 6.12. The highest BCUT2D eigenvalue weighted by Crippen LogP contribution is 2.18. The average Bonchev–Trinajstić information content (AvgIpc) is 2.82. The second kappa shape index (κ2) is 8.05. The summed E-state index contributed by atoms with van der Waals surface area (Å²) in [6.45, 7) is 4.73. The van der Waals surface area contributed by atoms with Crippen LogP contribution in [-0.4, -0.2) is 41.3 Å². The minimum absolute atomic E-state index is 0.0263. The summed E-state index contributed by atoms with van der Waals surface area (Å²) in [4.78, 5) is 16.7. The first-order valence-electron chi connectivity index (χ1n) is 7.16. The van der Waals surface area contributed by atoms with Gasteiger partial charge in [-0.2, -0.15) is 11.8 Å². The Morgan fingerprint density at radius 1 is 1.33 bits per heavy atom.